The first kappa shape index (κ1) is 20.4. The van der Waals surface area contributed by atoms with Crippen molar-refractivity contribution in [1.29, 1.82) is 0 Å². The highest BCUT2D eigenvalue weighted by molar-refractivity contribution is 5.90. The standard InChI is InChI=1S/C27H23NO3/c1-19-8-13-24(16-20(19)2)28-17-25-14-15-26(31-25)22-9-11-23(12-10-22)27(29)30-18-21-6-4-3-5-7-21/h3-17H,18H2,1-2H3. The number of esters is 1. The maximum atomic E-state index is 12.3. The smallest absolute Gasteiger partial charge is 0.338 e. The van der Waals surface area contributed by atoms with Crippen LogP contribution in [0.4, 0.5) is 5.69 Å². The molecule has 3 aromatic carbocycles. The van der Waals surface area contributed by atoms with Gasteiger partial charge in [-0.3, -0.25) is 4.99 Å². The van der Waals surface area contributed by atoms with Crippen molar-refractivity contribution in [2.24, 2.45) is 4.99 Å². The monoisotopic (exact) mass is 409 g/mol. The number of nitrogens with zero attached hydrogens (tertiary/aromatic N) is 1. The molecule has 0 aliphatic heterocycles. The number of aryl methyl sites for hydroxylation is 2. The molecule has 0 radical (unpaired) electrons. The van der Waals surface area contributed by atoms with Gasteiger partial charge in [0, 0.05) is 5.56 Å². The van der Waals surface area contributed by atoms with Crippen LogP contribution in [-0.4, -0.2) is 12.2 Å². The van der Waals surface area contributed by atoms with Crippen LogP contribution < -0.4 is 0 Å². The molecule has 0 saturated carbocycles. The molecule has 0 spiro atoms. The van der Waals surface area contributed by atoms with Crippen LogP contribution in [0.15, 0.2) is 94.3 Å². The third-order valence-electron chi connectivity index (χ3n) is 5.08. The van der Waals surface area contributed by atoms with Gasteiger partial charge in [0.1, 0.15) is 18.1 Å². The van der Waals surface area contributed by atoms with Gasteiger partial charge in [-0.1, -0.05) is 48.5 Å². The lowest BCUT2D eigenvalue weighted by molar-refractivity contribution is 0.0472. The van der Waals surface area contributed by atoms with Crippen molar-refractivity contribution in [2.45, 2.75) is 20.5 Å². The molecule has 4 rings (SSSR count). The molecule has 0 fully saturated rings. The van der Waals surface area contributed by atoms with Gasteiger partial charge in [-0.05, 0) is 66.9 Å². The molecule has 4 nitrogen and oxygen atoms in total. The summed E-state index contributed by atoms with van der Waals surface area (Å²) in [7, 11) is 0. The topological polar surface area (TPSA) is 51.8 Å². The van der Waals surface area contributed by atoms with Crippen LogP contribution in [0.3, 0.4) is 0 Å². The van der Waals surface area contributed by atoms with Crippen LogP contribution in [-0.2, 0) is 11.3 Å². The molecule has 0 unspecified atom stereocenters. The average molecular weight is 409 g/mol. The number of ether oxygens (including phenoxy) is 1. The van der Waals surface area contributed by atoms with Crippen LogP contribution in [0.25, 0.3) is 11.3 Å². The minimum Gasteiger partial charge on any atom is -0.457 e. The number of aliphatic imine (C=N–C) groups is 1. The third kappa shape index (κ3) is 5.17. The van der Waals surface area contributed by atoms with Crippen LogP contribution in [0, 0.1) is 13.8 Å². The molecule has 1 heterocycles. The number of rotatable bonds is 6. The highest BCUT2D eigenvalue weighted by Crippen LogP contribution is 2.23. The molecular formula is C27H23NO3. The number of carbonyl (C=O) groups excluding carboxylic acids is 1. The summed E-state index contributed by atoms with van der Waals surface area (Å²) in [6.07, 6.45) is 1.71. The van der Waals surface area contributed by atoms with E-state index in [0.717, 1.165) is 16.8 Å². The van der Waals surface area contributed by atoms with Gasteiger partial charge in [-0.15, -0.1) is 0 Å². The van der Waals surface area contributed by atoms with E-state index in [0.29, 0.717) is 17.1 Å². The molecule has 31 heavy (non-hydrogen) atoms. The predicted octanol–water partition coefficient (Wildman–Crippen LogP) is 6.67. The van der Waals surface area contributed by atoms with E-state index in [9.17, 15) is 4.79 Å². The molecular weight excluding hydrogens is 386 g/mol. The second-order valence-electron chi connectivity index (χ2n) is 7.37. The molecule has 0 atom stereocenters. The zero-order valence-corrected chi connectivity index (χ0v) is 17.5. The van der Waals surface area contributed by atoms with E-state index < -0.39 is 0 Å². The summed E-state index contributed by atoms with van der Waals surface area (Å²) in [4.78, 5) is 16.8. The summed E-state index contributed by atoms with van der Waals surface area (Å²) < 4.78 is 11.3. The number of furan rings is 1. The highest BCUT2D eigenvalue weighted by atomic mass is 16.5. The fourth-order valence-electron chi connectivity index (χ4n) is 3.10. The largest absolute Gasteiger partial charge is 0.457 e. The Morgan fingerprint density at radius 3 is 2.42 bits per heavy atom. The lowest BCUT2D eigenvalue weighted by Gasteiger charge is -2.05. The van der Waals surface area contributed by atoms with E-state index in [2.05, 4.69) is 24.9 Å². The van der Waals surface area contributed by atoms with Crippen LogP contribution in [0.5, 0.6) is 0 Å². The first-order valence-electron chi connectivity index (χ1n) is 10.1. The van der Waals surface area contributed by atoms with Gasteiger partial charge >= 0.3 is 5.97 Å². The molecule has 0 aliphatic rings. The SMILES string of the molecule is Cc1ccc(N=Cc2ccc(-c3ccc(C(=O)OCc4ccccc4)cc3)o2)cc1C. The second kappa shape index (κ2) is 9.26. The van der Waals surface area contributed by atoms with Crippen LogP contribution in [0.2, 0.25) is 0 Å². The Hall–Kier alpha value is -3.92. The van der Waals surface area contributed by atoms with Gasteiger partial charge in [0.15, 0.2) is 0 Å². The quantitative estimate of drug-likeness (QED) is 0.264. The summed E-state index contributed by atoms with van der Waals surface area (Å²) in [5.74, 6) is 1.03. The lowest BCUT2D eigenvalue weighted by Crippen LogP contribution is -2.04. The van der Waals surface area contributed by atoms with Crippen molar-refractivity contribution < 1.29 is 13.9 Å². The Morgan fingerprint density at radius 2 is 1.68 bits per heavy atom. The third-order valence-corrected chi connectivity index (χ3v) is 5.08. The van der Waals surface area contributed by atoms with E-state index in [1.807, 2.05) is 66.7 Å². The summed E-state index contributed by atoms with van der Waals surface area (Å²) in [6.45, 7) is 4.40. The Bertz CT molecular complexity index is 1200. The minimum absolute atomic E-state index is 0.253. The molecule has 0 saturated heterocycles. The van der Waals surface area contributed by atoms with Gasteiger partial charge < -0.3 is 9.15 Å². The maximum absolute atomic E-state index is 12.3. The summed E-state index contributed by atoms with van der Waals surface area (Å²) in [5, 5.41) is 0. The van der Waals surface area contributed by atoms with Gasteiger partial charge in [-0.25, -0.2) is 4.79 Å². The van der Waals surface area contributed by atoms with E-state index in [4.69, 9.17) is 9.15 Å². The first-order valence-corrected chi connectivity index (χ1v) is 10.1. The van der Waals surface area contributed by atoms with Crippen molar-refractivity contribution in [1.82, 2.24) is 0 Å². The van der Waals surface area contributed by atoms with Gasteiger partial charge in [0.25, 0.3) is 0 Å². The van der Waals surface area contributed by atoms with E-state index >= 15 is 0 Å². The summed E-state index contributed by atoms with van der Waals surface area (Å²) in [6, 6.07) is 26.7. The van der Waals surface area contributed by atoms with Crippen molar-refractivity contribution >= 4 is 17.9 Å². The van der Waals surface area contributed by atoms with Gasteiger partial charge in [0.05, 0.1) is 17.5 Å². The molecule has 4 aromatic rings. The van der Waals surface area contributed by atoms with Crippen LogP contribution in [0.1, 0.15) is 32.8 Å². The van der Waals surface area contributed by atoms with Crippen molar-refractivity contribution in [3.05, 3.63) is 113 Å². The molecule has 4 heteroatoms. The first-order chi connectivity index (χ1) is 15.1. The van der Waals surface area contributed by atoms with E-state index in [1.165, 1.54) is 11.1 Å². The van der Waals surface area contributed by atoms with Crippen LogP contribution >= 0.6 is 0 Å². The normalized spacial score (nSPS) is 11.0. The summed E-state index contributed by atoms with van der Waals surface area (Å²) in [5.41, 5.74) is 5.68. The maximum Gasteiger partial charge on any atom is 0.338 e. The Kier molecular flexibility index (Phi) is 6.08. The number of hydrogen-bond acceptors (Lipinski definition) is 4. The van der Waals surface area contributed by atoms with Crippen molar-refractivity contribution in [3.63, 3.8) is 0 Å². The number of hydrogen-bond donors (Lipinski definition) is 0. The molecule has 0 N–H and O–H groups in total. The fraction of sp³-hybridized carbons (Fsp3) is 0.111. The molecule has 1 aromatic heterocycles. The zero-order chi connectivity index (χ0) is 21.6. The minimum atomic E-state index is -0.351. The second-order valence-corrected chi connectivity index (χ2v) is 7.37. The van der Waals surface area contributed by atoms with Crippen molar-refractivity contribution in [2.75, 3.05) is 0 Å². The van der Waals surface area contributed by atoms with Crippen molar-refractivity contribution in [3.8, 4) is 11.3 Å². The number of carbonyl (C=O) groups is 1. The van der Waals surface area contributed by atoms with Gasteiger partial charge in [0.2, 0.25) is 0 Å². The van der Waals surface area contributed by atoms with E-state index in [1.54, 1.807) is 18.3 Å². The number of benzene rings is 3. The molecule has 0 aliphatic carbocycles. The molecule has 154 valence electrons. The van der Waals surface area contributed by atoms with E-state index in [-0.39, 0.29) is 12.6 Å². The molecule has 0 amide bonds. The van der Waals surface area contributed by atoms with Gasteiger partial charge in [-0.2, -0.15) is 0 Å². The zero-order valence-electron chi connectivity index (χ0n) is 17.5. The Labute approximate surface area is 181 Å². The Balaban J connectivity index is 1.40. The average Bonchev–Trinajstić information content (AvgIpc) is 3.28. The Morgan fingerprint density at radius 1 is 0.903 bits per heavy atom. The predicted molar refractivity (Wildman–Crippen MR) is 123 cm³/mol. The summed E-state index contributed by atoms with van der Waals surface area (Å²) >= 11 is 0. The lowest BCUT2D eigenvalue weighted by atomic mass is 10.1. The highest BCUT2D eigenvalue weighted by Gasteiger charge is 2.09. The fourth-order valence-corrected chi connectivity index (χ4v) is 3.10. The molecule has 0 bridgehead atoms.